The van der Waals surface area contributed by atoms with Gasteiger partial charge in [-0.3, -0.25) is 4.55 Å². The Morgan fingerprint density at radius 1 is 1.25 bits per heavy atom. The molecule has 12 heavy (non-hydrogen) atoms. The van der Waals surface area contributed by atoms with Gasteiger partial charge in [0, 0.05) is 0 Å². The molecule has 0 saturated heterocycles. The number of hydrogen-bond acceptors (Lipinski definition) is 6. The molecule has 0 aromatic rings. The summed E-state index contributed by atoms with van der Waals surface area (Å²) in [6.07, 6.45) is -1.70. The van der Waals surface area contributed by atoms with Gasteiger partial charge in [-0.2, -0.15) is 12.6 Å². The van der Waals surface area contributed by atoms with Gasteiger partial charge in [-0.1, -0.05) is 0 Å². The van der Waals surface area contributed by atoms with Crippen molar-refractivity contribution in [3.63, 3.8) is 0 Å². The van der Waals surface area contributed by atoms with Crippen molar-refractivity contribution in [2.45, 2.75) is 6.92 Å². The zero-order valence-corrected chi connectivity index (χ0v) is 7.35. The molecule has 9 heteroatoms. The van der Waals surface area contributed by atoms with Crippen LogP contribution in [-0.2, 0) is 28.6 Å². The Morgan fingerprint density at radius 3 is 2.17 bits per heavy atom. The number of hydrogen-bond donors (Lipinski definition) is 1. The normalized spacial score (nSPS) is 33.8. The van der Waals surface area contributed by atoms with Gasteiger partial charge in [0.2, 0.25) is 0 Å². The molecule has 0 saturated carbocycles. The van der Waals surface area contributed by atoms with Crippen LogP contribution in [0.25, 0.3) is 0 Å². The van der Waals surface area contributed by atoms with E-state index in [1.807, 2.05) is 0 Å². The Labute approximate surface area is 68.4 Å². The average Bonchev–Trinajstić information content (AvgIpc) is 1.80. The Hall–Kier alpha value is -0.800. The van der Waals surface area contributed by atoms with E-state index in [-0.39, 0.29) is 0 Å². The Kier molecular flexibility index (Phi) is 1.81. The van der Waals surface area contributed by atoms with Crippen molar-refractivity contribution in [1.29, 1.82) is 0 Å². The van der Waals surface area contributed by atoms with Crippen molar-refractivity contribution in [1.82, 2.24) is 0 Å². The van der Waals surface area contributed by atoms with Crippen LogP contribution in [0.3, 0.4) is 0 Å². The minimum absolute atomic E-state index is 0.824. The van der Waals surface area contributed by atoms with Crippen LogP contribution in [0.15, 0.2) is 0 Å². The van der Waals surface area contributed by atoms with Gasteiger partial charge in [0.1, 0.15) is 0 Å². The summed E-state index contributed by atoms with van der Waals surface area (Å²) in [6.45, 7) is 0.824. The molecule has 1 aliphatic rings. The van der Waals surface area contributed by atoms with E-state index in [2.05, 4.69) is 8.37 Å². The van der Waals surface area contributed by atoms with E-state index in [0.717, 1.165) is 6.92 Å². The van der Waals surface area contributed by atoms with Crippen molar-refractivity contribution in [2.24, 2.45) is 0 Å². The van der Waals surface area contributed by atoms with Crippen molar-refractivity contribution >= 4 is 30.6 Å². The molecule has 70 valence electrons. The molecule has 1 rings (SSSR count). The molecule has 0 amide bonds. The highest BCUT2D eigenvalue weighted by Crippen LogP contribution is 2.12. The first-order valence-electron chi connectivity index (χ1n) is 2.54. The summed E-state index contributed by atoms with van der Waals surface area (Å²) in [7, 11) is -8.62. The van der Waals surface area contributed by atoms with E-state index in [0.29, 0.717) is 0 Å². The predicted octanol–water partition coefficient (Wildman–Crippen LogP) is -0.695. The smallest absolute Gasteiger partial charge is 0.318 e. The molecule has 0 aromatic carbocycles. The molecule has 1 atom stereocenters. The molecule has 0 aromatic heterocycles. The number of carbonyl (C=O) groups excluding carboxylic acids is 1. The monoisotopic (exact) mass is 216 g/mol. The highest BCUT2D eigenvalue weighted by Gasteiger charge is 2.36. The summed E-state index contributed by atoms with van der Waals surface area (Å²) in [5.74, 6) is 0. The lowest BCUT2D eigenvalue weighted by molar-refractivity contribution is 0.154. The fraction of sp³-hybridized carbons (Fsp3) is 0.333. The minimum Gasteiger partial charge on any atom is -0.318 e. The van der Waals surface area contributed by atoms with E-state index in [1.165, 1.54) is 0 Å². The average molecular weight is 216 g/mol. The number of carbonyl (C=O) groups is 1. The van der Waals surface area contributed by atoms with E-state index in [4.69, 9.17) is 4.55 Å². The van der Waals surface area contributed by atoms with Crippen LogP contribution in [0, 0.1) is 0 Å². The SMILES string of the molecule is CC1=S(=O)(O)OC(=O)OS1(=O)=O. The third-order valence-corrected chi connectivity index (χ3v) is 4.47. The van der Waals surface area contributed by atoms with Crippen LogP contribution in [0.2, 0.25) is 0 Å². The molecule has 0 radical (unpaired) electrons. The maximum atomic E-state index is 10.8. The second kappa shape index (κ2) is 2.34. The van der Waals surface area contributed by atoms with Gasteiger partial charge >= 0.3 is 16.3 Å². The van der Waals surface area contributed by atoms with Crippen LogP contribution >= 0.6 is 0 Å². The molecule has 0 aliphatic carbocycles. The molecule has 0 spiro atoms. The molecule has 0 bridgehead atoms. The van der Waals surface area contributed by atoms with Gasteiger partial charge in [0.05, 0.1) is 0 Å². The summed E-state index contributed by atoms with van der Waals surface area (Å²) >= 11 is 0. The van der Waals surface area contributed by atoms with Gasteiger partial charge < -0.3 is 8.37 Å². The lowest BCUT2D eigenvalue weighted by Crippen LogP contribution is -2.33. The van der Waals surface area contributed by atoms with Crippen LogP contribution in [-0.4, -0.2) is 27.5 Å². The van der Waals surface area contributed by atoms with Crippen LogP contribution in [0.5, 0.6) is 0 Å². The zero-order chi connectivity index (χ0) is 9.57. The van der Waals surface area contributed by atoms with E-state index in [9.17, 15) is 17.4 Å². The third kappa shape index (κ3) is 1.38. The summed E-state index contributed by atoms with van der Waals surface area (Å²) in [4.78, 5) is 10.3. The van der Waals surface area contributed by atoms with Crippen molar-refractivity contribution in [2.75, 3.05) is 0 Å². The Bertz CT molecular complexity index is 433. The van der Waals surface area contributed by atoms with Gasteiger partial charge in [-0.25, -0.2) is 4.79 Å². The molecule has 1 unspecified atom stereocenters. The second-order valence-corrected chi connectivity index (χ2v) is 5.51. The molecule has 0 fully saturated rings. The fourth-order valence-electron chi connectivity index (χ4n) is 0.442. The van der Waals surface area contributed by atoms with Gasteiger partial charge in [-0.05, 0) is 6.92 Å². The van der Waals surface area contributed by atoms with Gasteiger partial charge in [0.15, 0.2) is 4.20 Å². The number of rotatable bonds is 0. The van der Waals surface area contributed by atoms with Crippen molar-refractivity contribution < 1.29 is 30.3 Å². The molecular weight excluding hydrogens is 212 g/mol. The lowest BCUT2D eigenvalue weighted by Gasteiger charge is -2.13. The summed E-state index contributed by atoms with van der Waals surface area (Å²) in [5.41, 5.74) is 0. The molecular formula is C3H4O7S2. The largest absolute Gasteiger partial charge is 0.540 e. The van der Waals surface area contributed by atoms with Gasteiger partial charge in [0.25, 0.3) is 10.1 Å². The highest BCUT2D eigenvalue weighted by atomic mass is 32.3. The highest BCUT2D eigenvalue weighted by molar-refractivity contribution is 8.18. The van der Waals surface area contributed by atoms with Gasteiger partial charge in [-0.15, -0.1) is 0 Å². The fourth-order valence-corrected chi connectivity index (χ4v) is 2.39. The first kappa shape index (κ1) is 9.29. The topological polar surface area (TPSA) is 107 Å². The first-order valence-corrected chi connectivity index (χ1v) is 5.38. The standard InChI is InChI=1S/C3H4O7S2/c1-2-11(5,6)9-3(4)10-12(2,7)8/h1H3,(H,5,6). The van der Waals surface area contributed by atoms with Crippen molar-refractivity contribution in [3.8, 4) is 0 Å². The molecule has 7 nitrogen and oxygen atoms in total. The van der Waals surface area contributed by atoms with Crippen LogP contribution < -0.4 is 0 Å². The summed E-state index contributed by atoms with van der Waals surface area (Å²) in [6, 6.07) is 0. The first-order chi connectivity index (χ1) is 5.26. The van der Waals surface area contributed by atoms with Crippen LogP contribution in [0.4, 0.5) is 4.79 Å². The van der Waals surface area contributed by atoms with Crippen LogP contribution in [0.1, 0.15) is 6.92 Å². The Balaban J connectivity index is 3.54. The summed E-state index contributed by atoms with van der Waals surface area (Å²) < 4.78 is 47.4. The molecule has 1 N–H and O–H groups in total. The maximum absolute atomic E-state index is 10.8. The van der Waals surface area contributed by atoms with E-state index >= 15 is 0 Å². The molecule has 1 heterocycles. The predicted molar refractivity (Wildman–Crippen MR) is 37.9 cm³/mol. The maximum Gasteiger partial charge on any atom is 0.540 e. The van der Waals surface area contributed by atoms with E-state index in [1.54, 1.807) is 0 Å². The van der Waals surface area contributed by atoms with Crippen molar-refractivity contribution in [3.05, 3.63) is 0 Å². The second-order valence-electron chi connectivity index (χ2n) is 1.84. The zero-order valence-electron chi connectivity index (χ0n) is 5.71. The quantitative estimate of drug-likeness (QED) is 0.421. The van der Waals surface area contributed by atoms with E-state index < -0.39 is 30.6 Å². The minimum atomic E-state index is -4.40. The lowest BCUT2D eigenvalue weighted by atomic mass is 11.0. The summed E-state index contributed by atoms with van der Waals surface area (Å²) in [5, 5.41) is 0. The third-order valence-electron chi connectivity index (χ3n) is 1.07. The molecule has 1 aliphatic heterocycles. The Morgan fingerprint density at radius 2 is 1.75 bits per heavy atom.